The average molecular weight is 379 g/mol. The van der Waals surface area contributed by atoms with E-state index in [1.165, 1.54) is 7.11 Å². The predicted molar refractivity (Wildman–Crippen MR) is 101 cm³/mol. The molecular weight excluding hydrogens is 352 g/mol. The summed E-state index contributed by atoms with van der Waals surface area (Å²) in [7, 11) is 1.42. The number of halogens is 2. The van der Waals surface area contributed by atoms with Crippen LogP contribution in [0.25, 0.3) is 0 Å². The number of hydrogen-bond acceptors (Lipinski definition) is 4. The van der Waals surface area contributed by atoms with Crippen LogP contribution >= 0.6 is 0 Å². The van der Waals surface area contributed by atoms with Crippen molar-refractivity contribution in [1.29, 1.82) is 0 Å². The summed E-state index contributed by atoms with van der Waals surface area (Å²) in [5, 5.41) is 3.31. The molecular formula is C21H27F2NO3. The lowest BCUT2D eigenvalue weighted by atomic mass is 10.1. The summed E-state index contributed by atoms with van der Waals surface area (Å²) in [6.45, 7) is 4.93. The number of rotatable bonds is 9. The number of benzene rings is 2. The van der Waals surface area contributed by atoms with Gasteiger partial charge in [-0.1, -0.05) is 30.3 Å². The maximum Gasteiger partial charge on any atom is 0.387 e. The molecule has 27 heavy (non-hydrogen) atoms. The predicted octanol–water partition coefficient (Wildman–Crippen LogP) is 4.90. The minimum absolute atomic E-state index is 0.0353. The third-order valence-electron chi connectivity index (χ3n) is 3.77. The zero-order valence-electron chi connectivity index (χ0n) is 16.2. The summed E-state index contributed by atoms with van der Waals surface area (Å²) in [6.07, 6.45) is 0. The molecule has 0 aromatic heterocycles. The van der Waals surface area contributed by atoms with Gasteiger partial charge in [0.1, 0.15) is 0 Å². The van der Waals surface area contributed by atoms with Gasteiger partial charge in [0.15, 0.2) is 11.5 Å². The first-order valence-electron chi connectivity index (χ1n) is 8.81. The van der Waals surface area contributed by atoms with Gasteiger partial charge in [-0.25, -0.2) is 0 Å². The van der Waals surface area contributed by atoms with Gasteiger partial charge in [0.05, 0.1) is 19.3 Å². The maximum atomic E-state index is 12.5. The fraction of sp³-hybridized carbons (Fsp3) is 0.429. The van der Waals surface area contributed by atoms with Crippen molar-refractivity contribution in [1.82, 2.24) is 5.32 Å². The highest BCUT2D eigenvalue weighted by atomic mass is 19.3. The summed E-state index contributed by atoms with van der Waals surface area (Å²) in [6, 6.07) is 13.2. The van der Waals surface area contributed by atoms with Gasteiger partial charge in [-0.3, -0.25) is 0 Å². The zero-order valence-corrected chi connectivity index (χ0v) is 16.2. The maximum absolute atomic E-state index is 12.5. The number of ether oxygens (including phenoxy) is 3. The first-order chi connectivity index (χ1) is 12.8. The van der Waals surface area contributed by atoms with Crippen molar-refractivity contribution in [3.8, 4) is 11.5 Å². The van der Waals surface area contributed by atoms with Gasteiger partial charge in [0.25, 0.3) is 0 Å². The van der Waals surface area contributed by atoms with Crippen LogP contribution in [0, 0.1) is 0 Å². The summed E-state index contributed by atoms with van der Waals surface area (Å²) in [5.41, 5.74) is 2.89. The van der Waals surface area contributed by atoms with Crippen LogP contribution in [0.4, 0.5) is 8.78 Å². The normalized spacial score (nSPS) is 11.7. The van der Waals surface area contributed by atoms with Crippen molar-refractivity contribution in [2.24, 2.45) is 0 Å². The Morgan fingerprint density at radius 1 is 0.926 bits per heavy atom. The van der Waals surface area contributed by atoms with Crippen molar-refractivity contribution in [2.75, 3.05) is 7.11 Å². The van der Waals surface area contributed by atoms with Gasteiger partial charge in [-0.05, 0) is 49.6 Å². The topological polar surface area (TPSA) is 39.7 Å². The minimum Gasteiger partial charge on any atom is -0.493 e. The highest BCUT2D eigenvalue weighted by molar-refractivity contribution is 5.43. The molecule has 0 heterocycles. The van der Waals surface area contributed by atoms with Crippen LogP contribution in [-0.2, 0) is 24.4 Å². The van der Waals surface area contributed by atoms with Crippen molar-refractivity contribution in [2.45, 2.75) is 52.7 Å². The molecule has 1 N–H and O–H groups in total. The van der Waals surface area contributed by atoms with Gasteiger partial charge in [-0.15, -0.1) is 0 Å². The third-order valence-corrected chi connectivity index (χ3v) is 3.77. The molecule has 0 aliphatic carbocycles. The first kappa shape index (κ1) is 21.1. The Morgan fingerprint density at radius 2 is 1.59 bits per heavy atom. The van der Waals surface area contributed by atoms with Crippen molar-refractivity contribution >= 4 is 0 Å². The lowest BCUT2D eigenvalue weighted by Crippen LogP contribution is -2.18. The molecule has 2 rings (SSSR count). The smallest absolute Gasteiger partial charge is 0.387 e. The Kier molecular flexibility index (Phi) is 7.56. The SMILES string of the molecule is COc1ccc(CNCc2cccc(COC(C)(C)C)c2)cc1OC(F)F. The van der Waals surface area contributed by atoms with Crippen LogP contribution < -0.4 is 14.8 Å². The van der Waals surface area contributed by atoms with Gasteiger partial charge in [0, 0.05) is 13.1 Å². The molecule has 0 aliphatic rings. The average Bonchev–Trinajstić information content (AvgIpc) is 2.60. The van der Waals surface area contributed by atoms with E-state index in [9.17, 15) is 8.78 Å². The Bertz CT molecular complexity index is 730. The molecule has 2 aromatic carbocycles. The molecule has 0 amide bonds. The molecule has 0 aliphatic heterocycles. The molecule has 6 heteroatoms. The van der Waals surface area contributed by atoms with E-state index in [-0.39, 0.29) is 17.1 Å². The highest BCUT2D eigenvalue weighted by Gasteiger charge is 2.12. The van der Waals surface area contributed by atoms with Crippen LogP contribution in [-0.4, -0.2) is 19.3 Å². The third kappa shape index (κ3) is 7.53. The summed E-state index contributed by atoms with van der Waals surface area (Å²) < 4.78 is 40.4. The van der Waals surface area contributed by atoms with Gasteiger partial charge in [-0.2, -0.15) is 8.78 Å². The molecule has 0 saturated heterocycles. The molecule has 0 atom stereocenters. The van der Waals surface area contributed by atoms with E-state index in [0.29, 0.717) is 19.7 Å². The molecule has 2 aromatic rings. The van der Waals surface area contributed by atoms with Crippen molar-refractivity contribution < 1.29 is 23.0 Å². The van der Waals surface area contributed by atoms with E-state index < -0.39 is 6.61 Å². The molecule has 0 saturated carbocycles. The van der Waals surface area contributed by atoms with Crippen molar-refractivity contribution in [3.63, 3.8) is 0 Å². The van der Waals surface area contributed by atoms with E-state index in [2.05, 4.69) is 16.1 Å². The van der Waals surface area contributed by atoms with Gasteiger partial charge in [0.2, 0.25) is 0 Å². The van der Waals surface area contributed by atoms with Gasteiger partial charge < -0.3 is 19.5 Å². The molecule has 148 valence electrons. The minimum atomic E-state index is -2.89. The van der Waals surface area contributed by atoms with E-state index >= 15 is 0 Å². The Balaban J connectivity index is 1.92. The van der Waals surface area contributed by atoms with E-state index in [1.54, 1.807) is 12.1 Å². The lowest BCUT2D eigenvalue weighted by molar-refractivity contribution is -0.0512. The highest BCUT2D eigenvalue weighted by Crippen LogP contribution is 2.29. The van der Waals surface area contributed by atoms with E-state index in [0.717, 1.165) is 16.7 Å². The quantitative estimate of drug-likeness (QED) is 0.673. The van der Waals surface area contributed by atoms with Crippen LogP contribution in [0.5, 0.6) is 11.5 Å². The summed E-state index contributed by atoms with van der Waals surface area (Å²) in [5.74, 6) is 0.318. The number of hydrogen-bond donors (Lipinski definition) is 1. The second-order valence-electron chi connectivity index (χ2n) is 7.19. The monoisotopic (exact) mass is 379 g/mol. The van der Waals surface area contributed by atoms with Crippen LogP contribution in [0.1, 0.15) is 37.5 Å². The number of alkyl halides is 2. The van der Waals surface area contributed by atoms with Crippen LogP contribution in [0.15, 0.2) is 42.5 Å². The Hall–Kier alpha value is -2.18. The molecule has 0 radical (unpaired) electrons. The Labute approximate surface area is 159 Å². The van der Waals surface area contributed by atoms with E-state index in [4.69, 9.17) is 9.47 Å². The molecule has 0 unspecified atom stereocenters. The Morgan fingerprint density at radius 3 is 2.22 bits per heavy atom. The van der Waals surface area contributed by atoms with Crippen LogP contribution in [0.2, 0.25) is 0 Å². The second-order valence-corrected chi connectivity index (χ2v) is 7.19. The van der Waals surface area contributed by atoms with E-state index in [1.807, 2.05) is 45.0 Å². The fourth-order valence-corrected chi connectivity index (χ4v) is 2.50. The lowest BCUT2D eigenvalue weighted by Gasteiger charge is -2.19. The molecule has 4 nitrogen and oxygen atoms in total. The zero-order chi connectivity index (χ0) is 19.9. The largest absolute Gasteiger partial charge is 0.493 e. The fourth-order valence-electron chi connectivity index (χ4n) is 2.50. The molecule has 0 bridgehead atoms. The van der Waals surface area contributed by atoms with Gasteiger partial charge >= 0.3 is 6.61 Å². The van der Waals surface area contributed by atoms with Crippen molar-refractivity contribution in [3.05, 3.63) is 59.2 Å². The number of methoxy groups -OCH3 is 1. The number of nitrogens with one attached hydrogen (secondary N) is 1. The second kappa shape index (κ2) is 9.67. The summed E-state index contributed by atoms with van der Waals surface area (Å²) in [4.78, 5) is 0. The van der Waals surface area contributed by atoms with Crippen LogP contribution in [0.3, 0.4) is 0 Å². The summed E-state index contributed by atoms with van der Waals surface area (Å²) >= 11 is 0. The molecule has 0 fully saturated rings. The molecule has 0 spiro atoms. The standard InChI is InChI=1S/C21H27F2NO3/c1-21(2,3)26-14-17-7-5-6-15(10-17)12-24-13-16-8-9-18(25-4)19(11-16)27-20(22)23/h5-11,20,24H,12-14H2,1-4H3. The first-order valence-corrected chi connectivity index (χ1v) is 8.81.